The van der Waals surface area contributed by atoms with E-state index in [1.807, 2.05) is 77.1 Å². The van der Waals surface area contributed by atoms with Crippen molar-refractivity contribution in [2.24, 2.45) is 0 Å². The molecule has 0 saturated carbocycles. The molecule has 0 aromatic heterocycles. The van der Waals surface area contributed by atoms with Crippen molar-refractivity contribution in [3.63, 3.8) is 0 Å². The standard InChI is InChI=1S/C32H41N3O5/c1-8-34(9-2)28(36)23-15-13-22(14-16-23)25-21-32(17-19-35(20-18-32)30(38)40-31(3,4)5)39-26-12-10-11-24(27(25)26)29(37)33(6)7/h10-16,21H,8-9,17-20H2,1-7H3. The van der Waals surface area contributed by atoms with Crippen molar-refractivity contribution in [1.29, 1.82) is 0 Å². The Bertz CT molecular complexity index is 1290. The van der Waals surface area contributed by atoms with Crippen molar-refractivity contribution in [3.8, 4) is 5.75 Å². The number of hydrogen-bond donors (Lipinski definition) is 0. The van der Waals surface area contributed by atoms with Gasteiger partial charge >= 0.3 is 6.09 Å². The number of ether oxygens (including phenoxy) is 2. The fraction of sp³-hybridized carbons (Fsp3) is 0.469. The number of carbonyl (C=O) groups is 3. The molecule has 3 amide bonds. The minimum atomic E-state index is -0.643. The lowest BCUT2D eigenvalue weighted by Gasteiger charge is -2.43. The monoisotopic (exact) mass is 547 g/mol. The number of amides is 3. The summed E-state index contributed by atoms with van der Waals surface area (Å²) in [5.74, 6) is 0.516. The normalized spacial score (nSPS) is 16.0. The van der Waals surface area contributed by atoms with Crippen LogP contribution in [0.15, 0.2) is 48.5 Å². The summed E-state index contributed by atoms with van der Waals surface area (Å²) in [7, 11) is 3.46. The zero-order valence-electron chi connectivity index (χ0n) is 24.7. The van der Waals surface area contributed by atoms with Gasteiger partial charge in [0.25, 0.3) is 11.8 Å². The summed E-state index contributed by atoms with van der Waals surface area (Å²) >= 11 is 0. The third-order valence-corrected chi connectivity index (χ3v) is 7.41. The zero-order chi connectivity index (χ0) is 29.2. The fourth-order valence-corrected chi connectivity index (χ4v) is 5.25. The molecule has 0 atom stereocenters. The highest BCUT2D eigenvalue weighted by Crippen LogP contribution is 2.45. The summed E-state index contributed by atoms with van der Waals surface area (Å²) in [5.41, 5.74) is 2.50. The molecule has 2 aromatic rings. The van der Waals surface area contributed by atoms with Gasteiger partial charge in [-0.05, 0) is 76.1 Å². The van der Waals surface area contributed by atoms with E-state index in [2.05, 4.69) is 6.08 Å². The van der Waals surface area contributed by atoms with Crippen LogP contribution in [-0.2, 0) is 4.74 Å². The Morgan fingerprint density at radius 1 is 0.950 bits per heavy atom. The number of rotatable bonds is 5. The zero-order valence-corrected chi connectivity index (χ0v) is 24.7. The van der Waals surface area contributed by atoms with E-state index < -0.39 is 11.2 Å². The van der Waals surface area contributed by atoms with Gasteiger partial charge in [-0.15, -0.1) is 0 Å². The van der Waals surface area contributed by atoms with E-state index in [0.717, 1.165) is 16.7 Å². The number of carbonyl (C=O) groups excluding carboxylic acids is 3. The summed E-state index contributed by atoms with van der Waals surface area (Å²) in [4.78, 5) is 43.9. The van der Waals surface area contributed by atoms with Crippen molar-refractivity contribution in [1.82, 2.24) is 14.7 Å². The molecule has 0 N–H and O–H groups in total. The number of hydrogen-bond acceptors (Lipinski definition) is 5. The summed E-state index contributed by atoms with van der Waals surface area (Å²) in [6, 6.07) is 13.1. The van der Waals surface area contributed by atoms with Gasteiger partial charge in [-0.25, -0.2) is 4.79 Å². The average Bonchev–Trinajstić information content (AvgIpc) is 2.92. The molecular weight excluding hydrogens is 506 g/mol. The van der Waals surface area contributed by atoms with Gasteiger partial charge in [0.15, 0.2) is 0 Å². The number of fused-ring (bicyclic) bond motifs is 1. The molecule has 0 radical (unpaired) electrons. The molecule has 8 nitrogen and oxygen atoms in total. The Kier molecular flexibility index (Phi) is 8.28. The highest BCUT2D eigenvalue weighted by atomic mass is 16.6. The van der Waals surface area contributed by atoms with E-state index in [0.29, 0.717) is 55.9 Å². The second-order valence-corrected chi connectivity index (χ2v) is 11.6. The smallest absolute Gasteiger partial charge is 0.410 e. The summed E-state index contributed by atoms with van der Waals surface area (Å²) in [5, 5.41) is 0. The predicted molar refractivity (Wildman–Crippen MR) is 156 cm³/mol. The Morgan fingerprint density at radius 2 is 1.57 bits per heavy atom. The van der Waals surface area contributed by atoms with Gasteiger partial charge < -0.3 is 24.2 Å². The van der Waals surface area contributed by atoms with E-state index in [1.54, 1.807) is 28.8 Å². The molecule has 2 aliphatic rings. The molecule has 4 rings (SSSR count). The molecule has 2 heterocycles. The van der Waals surface area contributed by atoms with Crippen molar-refractivity contribution >= 4 is 23.5 Å². The Hall–Kier alpha value is -3.81. The van der Waals surface area contributed by atoms with Crippen LogP contribution < -0.4 is 4.74 Å². The van der Waals surface area contributed by atoms with E-state index >= 15 is 0 Å². The van der Waals surface area contributed by atoms with Crippen LogP contribution in [0.25, 0.3) is 5.57 Å². The van der Waals surface area contributed by atoms with Crippen LogP contribution in [0.2, 0.25) is 0 Å². The van der Waals surface area contributed by atoms with Crippen LogP contribution in [0.4, 0.5) is 4.79 Å². The predicted octanol–water partition coefficient (Wildman–Crippen LogP) is 5.46. The van der Waals surface area contributed by atoms with Crippen LogP contribution in [-0.4, -0.2) is 84.1 Å². The van der Waals surface area contributed by atoms with E-state index in [1.165, 1.54) is 0 Å². The largest absolute Gasteiger partial charge is 0.482 e. The highest BCUT2D eigenvalue weighted by molar-refractivity contribution is 6.03. The number of likely N-dealkylation sites (tertiary alicyclic amines) is 1. The van der Waals surface area contributed by atoms with Crippen molar-refractivity contribution in [2.45, 2.75) is 58.7 Å². The van der Waals surface area contributed by atoms with Gasteiger partial charge in [0, 0.05) is 64.2 Å². The molecule has 214 valence electrons. The fourth-order valence-electron chi connectivity index (χ4n) is 5.25. The molecule has 0 aliphatic carbocycles. The molecular formula is C32H41N3O5. The van der Waals surface area contributed by atoms with Crippen LogP contribution in [0.5, 0.6) is 5.75 Å². The van der Waals surface area contributed by atoms with E-state index in [4.69, 9.17) is 9.47 Å². The van der Waals surface area contributed by atoms with Gasteiger partial charge in [0.05, 0.1) is 5.56 Å². The van der Waals surface area contributed by atoms with Crippen LogP contribution >= 0.6 is 0 Å². The topological polar surface area (TPSA) is 79.4 Å². The Morgan fingerprint density at radius 3 is 2.12 bits per heavy atom. The lowest BCUT2D eigenvalue weighted by Crippen LogP contribution is -2.50. The molecule has 1 fully saturated rings. The SMILES string of the molecule is CCN(CC)C(=O)c1ccc(C2=CC3(CCN(C(=O)OC(C)(C)C)CC3)Oc3cccc(C(=O)N(C)C)c32)cc1. The maximum atomic E-state index is 13.2. The first-order chi connectivity index (χ1) is 18.9. The highest BCUT2D eigenvalue weighted by Gasteiger charge is 2.42. The summed E-state index contributed by atoms with van der Waals surface area (Å²) in [6.07, 6.45) is 2.95. The molecule has 8 heteroatoms. The maximum absolute atomic E-state index is 13.2. The number of piperidine rings is 1. The van der Waals surface area contributed by atoms with Crippen LogP contribution in [0.1, 0.15) is 79.3 Å². The molecule has 0 unspecified atom stereocenters. The third-order valence-electron chi connectivity index (χ3n) is 7.41. The molecule has 2 aliphatic heterocycles. The minimum absolute atomic E-state index is 0.00707. The first kappa shape index (κ1) is 29.2. The average molecular weight is 548 g/mol. The second kappa shape index (κ2) is 11.4. The van der Waals surface area contributed by atoms with E-state index in [-0.39, 0.29) is 17.9 Å². The second-order valence-electron chi connectivity index (χ2n) is 11.6. The molecule has 2 aromatic carbocycles. The quantitative estimate of drug-likeness (QED) is 0.496. The first-order valence-corrected chi connectivity index (χ1v) is 14.0. The number of nitrogens with zero attached hydrogens (tertiary/aromatic N) is 3. The van der Waals surface area contributed by atoms with Gasteiger partial charge in [0.2, 0.25) is 0 Å². The van der Waals surface area contributed by atoms with E-state index in [9.17, 15) is 14.4 Å². The lowest BCUT2D eigenvalue weighted by molar-refractivity contribution is -0.00123. The van der Waals surface area contributed by atoms with Gasteiger partial charge in [-0.1, -0.05) is 18.2 Å². The molecule has 0 bridgehead atoms. The van der Waals surface area contributed by atoms with Crippen molar-refractivity contribution < 1.29 is 23.9 Å². The molecule has 40 heavy (non-hydrogen) atoms. The van der Waals surface area contributed by atoms with Gasteiger partial charge in [-0.3, -0.25) is 9.59 Å². The molecule has 1 spiro atoms. The van der Waals surface area contributed by atoms with Crippen molar-refractivity contribution in [2.75, 3.05) is 40.3 Å². The lowest BCUT2D eigenvalue weighted by atomic mass is 9.81. The van der Waals surface area contributed by atoms with Crippen LogP contribution in [0.3, 0.4) is 0 Å². The van der Waals surface area contributed by atoms with Crippen LogP contribution in [0, 0.1) is 0 Å². The minimum Gasteiger partial charge on any atom is -0.482 e. The Balaban J connectivity index is 1.73. The molecule has 1 saturated heterocycles. The van der Waals surface area contributed by atoms with Crippen molar-refractivity contribution in [3.05, 3.63) is 70.8 Å². The summed E-state index contributed by atoms with van der Waals surface area (Å²) in [6.45, 7) is 11.8. The van der Waals surface area contributed by atoms with Gasteiger partial charge in [-0.2, -0.15) is 0 Å². The first-order valence-electron chi connectivity index (χ1n) is 14.0. The van der Waals surface area contributed by atoms with Gasteiger partial charge in [0.1, 0.15) is 17.0 Å². The maximum Gasteiger partial charge on any atom is 0.410 e. The number of benzene rings is 2. The summed E-state index contributed by atoms with van der Waals surface area (Å²) < 4.78 is 12.2. The third kappa shape index (κ3) is 6.01. The Labute approximate surface area is 237 Å².